The molecule has 0 saturated carbocycles. The van der Waals surface area contributed by atoms with Gasteiger partial charge >= 0.3 is 0 Å². The van der Waals surface area contributed by atoms with Crippen LogP contribution in [0.25, 0.3) is 0 Å². The Bertz CT molecular complexity index is 1160. The predicted molar refractivity (Wildman–Crippen MR) is 119 cm³/mol. The number of aliphatic hydroxyl groups excluding tert-OH is 1. The van der Waals surface area contributed by atoms with E-state index in [0.29, 0.717) is 11.5 Å². The largest absolute Gasteiger partial charge is 0.493 e. The van der Waals surface area contributed by atoms with Crippen molar-refractivity contribution in [1.29, 1.82) is 5.26 Å². The fourth-order valence-corrected chi connectivity index (χ4v) is 6.43. The van der Waals surface area contributed by atoms with Crippen molar-refractivity contribution in [1.82, 2.24) is 9.80 Å². The van der Waals surface area contributed by atoms with Crippen LogP contribution in [-0.4, -0.2) is 67.7 Å². The zero-order valence-corrected chi connectivity index (χ0v) is 18.9. The van der Waals surface area contributed by atoms with Gasteiger partial charge in [0.25, 0.3) is 0 Å². The normalized spacial score (nSPS) is 29.5. The Morgan fingerprint density at radius 2 is 1.67 bits per heavy atom. The monoisotopic (exact) mass is 449 g/mol. The third-order valence-electron chi connectivity index (χ3n) is 7.88. The van der Waals surface area contributed by atoms with Crippen LogP contribution in [0.3, 0.4) is 0 Å². The molecule has 2 bridgehead atoms. The minimum atomic E-state index is -0.354. The van der Waals surface area contributed by atoms with Gasteiger partial charge in [-0.25, -0.2) is 0 Å². The molecular formula is C25H27N3O5. The minimum Gasteiger partial charge on any atom is -0.493 e. The number of rotatable bonds is 3. The Labute approximate surface area is 192 Å². The number of nitrogens with zero attached hydrogens (tertiary/aromatic N) is 3. The van der Waals surface area contributed by atoms with Crippen molar-refractivity contribution < 1.29 is 24.1 Å². The van der Waals surface area contributed by atoms with E-state index in [9.17, 15) is 10.4 Å². The van der Waals surface area contributed by atoms with Crippen LogP contribution in [0.1, 0.15) is 34.3 Å². The van der Waals surface area contributed by atoms with E-state index >= 15 is 0 Å². The molecule has 5 atom stereocenters. The molecule has 8 nitrogen and oxygen atoms in total. The summed E-state index contributed by atoms with van der Waals surface area (Å²) in [6, 6.07) is 10.2. The third kappa shape index (κ3) is 2.80. The zero-order valence-electron chi connectivity index (χ0n) is 18.9. The first kappa shape index (κ1) is 20.6. The Kier molecular flexibility index (Phi) is 4.70. The molecule has 6 rings (SSSR count). The summed E-state index contributed by atoms with van der Waals surface area (Å²) < 4.78 is 22.4. The van der Waals surface area contributed by atoms with Crippen molar-refractivity contribution in [3.63, 3.8) is 0 Å². The van der Waals surface area contributed by atoms with Crippen molar-refractivity contribution in [3.05, 3.63) is 46.5 Å². The van der Waals surface area contributed by atoms with Gasteiger partial charge in [-0.1, -0.05) is 0 Å². The maximum atomic E-state index is 10.6. The second-order valence-corrected chi connectivity index (χ2v) is 9.18. The molecule has 2 aromatic carbocycles. The molecule has 1 unspecified atom stereocenters. The number of likely N-dealkylation sites (N-methyl/N-ethyl adjacent to an activating group) is 1. The van der Waals surface area contributed by atoms with Crippen LogP contribution in [0.2, 0.25) is 0 Å². The quantitative estimate of drug-likeness (QED) is 0.763. The fraction of sp³-hybridized carbons (Fsp3) is 0.480. The van der Waals surface area contributed by atoms with E-state index in [4.69, 9.17) is 18.9 Å². The summed E-state index contributed by atoms with van der Waals surface area (Å²) in [5.41, 5.74) is 4.54. The van der Waals surface area contributed by atoms with Gasteiger partial charge in [-0.05, 0) is 66.4 Å². The highest BCUT2D eigenvalue weighted by Gasteiger charge is 2.54. The molecule has 0 spiro atoms. The molecule has 172 valence electrons. The fourth-order valence-electron chi connectivity index (χ4n) is 6.43. The molecule has 0 aromatic heterocycles. The lowest BCUT2D eigenvalue weighted by atomic mass is 9.73. The Balaban J connectivity index is 1.53. The van der Waals surface area contributed by atoms with Gasteiger partial charge in [-0.3, -0.25) is 9.80 Å². The first-order chi connectivity index (χ1) is 16.1. The summed E-state index contributed by atoms with van der Waals surface area (Å²) in [6.45, 7) is 0.161. The number of aliphatic hydroxyl groups is 1. The van der Waals surface area contributed by atoms with Gasteiger partial charge in [0.1, 0.15) is 6.04 Å². The molecule has 8 heteroatoms. The summed E-state index contributed by atoms with van der Waals surface area (Å²) in [4.78, 5) is 4.59. The van der Waals surface area contributed by atoms with Gasteiger partial charge in [0.05, 0.1) is 39.0 Å². The van der Waals surface area contributed by atoms with Crippen LogP contribution in [0.5, 0.6) is 23.0 Å². The zero-order chi connectivity index (χ0) is 22.9. The molecule has 4 aliphatic rings. The lowest BCUT2D eigenvalue weighted by molar-refractivity contribution is -0.0812. The van der Waals surface area contributed by atoms with Crippen molar-refractivity contribution in [2.24, 2.45) is 0 Å². The van der Waals surface area contributed by atoms with E-state index in [2.05, 4.69) is 35.0 Å². The van der Waals surface area contributed by atoms with Crippen molar-refractivity contribution >= 4 is 0 Å². The molecule has 0 amide bonds. The van der Waals surface area contributed by atoms with E-state index in [-0.39, 0.29) is 43.6 Å². The first-order valence-corrected chi connectivity index (χ1v) is 11.3. The van der Waals surface area contributed by atoms with Crippen molar-refractivity contribution in [2.75, 3.05) is 34.7 Å². The summed E-state index contributed by atoms with van der Waals surface area (Å²) >= 11 is 0. The molecule has 1 saturated heterocycles. The molecule has 0 aliphatic carbocycles. The number of fused-ring (bicyclic) bond motifs is 8. The summed E-state index contributed by atoms with van der Waals surface area (Å²) in [5, 5.41) is 20.9. The van der Waals surface area contributed by atoms with Crippen LogP contribution in [0.15, 0.2) is 24.3 Å². The topological polar surface area (TPSA) is 87.4 Å². The lowest BCUT2D eigenvalue weighted by Crippen LogP contribution is -2.68. The second-order valence-electron chi connectivity index (χ2n) is 9.18. The van der Waals surface area contributed by atoms with Crippen LogP contribution in [-0.2, 0) is 12.8 Å². The minimum absolute atomic E-state index is 0.0121. The van der Waals surface area contributed by atoms with Crippen LogP contribution >= 0.6 is 0 Å². The number of methoxy groups -OCH3 is 2. The molecule has 0 radical (unpaired) electrons. The molecule has 1 N–H and O–H groups in total. The maximum absolute atomic E-state index is 10.6. The highest BCUT2D eigenvalue weighted by Crippen LogP contribution is 2.52. The molecule has 1 fully saturated rings. The van der Waals surface area contributed by atoms with Gasteiger partial charge < -0.3 is 24.1 Å². The summed E-state index contributed by atoms with van der Waals surface area (Å²) in [5.74, 6) is 2.86. The summed E-state index contributed by atoms with van der Waals surface area (Å²) in [6.07, 6.45) is 1.48. The number of piperazine rings is 1. The number of ether oxygens (including phenoxy) is 4. The average Bonchev–Trinajstić information content (AvgIpc) is 3.28. The predicted octanol–water partition coefficient (Wildman–Crippen LogP) is 2.20. The SMILES string of the molecule is COc1cc2c(cc1OC)[C@H](CO)N1C(C2)[C@H]2c3cc4c(cc3C[C@@H]([C@@H]1C#N)N2C)OCO4. The summed E-state index contributed by atoms with van der Waals surface area (Å²) in [7, 11) is 5.36. The molecular weight excluding hydrogens is 422 g/mol. The molecule has 2 aromatic rings. The van der Waals surface area contributed by atoms with Crippen LogP contribution in [0, 0.1) is 11.3 Å². The van der Waals surface area contributed by atoms with Crippen LogP contribution < -0.4 is 18.9 Å². The highest BCUT2D eigenvalue weighted by atomic mass is 16.7. The van der Waals surface area contributed by atoms with Crippen LogP contribution in [0.4, 0.5) is 0 Å². The van der Waals surface area contributed by atoms with Gasteiger partial charge in [0, 0.05) is 12.1 Å². The standard InChI is InChI=1S/C25H27N3O5/c1-27-17-4-14-7-23-24(33-12-32-23)9-16(14)25(27)18-5-13-6-21(30-2)22(31-3)8-15(13)20(11-29)28(18)19(17)10-26/h6-9,17-20,25,29H,4-5,11-12H2,1-3H3/t17-,18?,19-,20-,25+/m0/s1. The van der Waals surface area contributed by atoms with E-state index in [1.54, 1.807) is 14.2 Å². The van der Waals surface area contributed by atoms with Gasteiger partial charge in [0.2, 0.25) is 6.79 Å². The van der Waals surface area contributed by atoms with E-state index in [0.717, 1.165) is 35.5 Å². The van der Waals surface area contributed by atoms with Gasteiger partial charge in [-0.15, -0.1) is 0 Å². The van der Waals surface area contributed by atoms with Crippen molar-refractivity contribution in [2.45, 2.75) is 43.1 Å². The highest BCUT2D eigenvalue weighted by molar-refractivity contribution is 5.54. The Hall–Kier alpha value is -2.99. The van der Waals surface area contributed by atoms with Gasteiger partial charge in [-0.2, -0.15) is 5.26 Å². The van der Waals surface area contributed by atoms with E-state index in [1.165, 1.54) is 11.1 Å². The first-order valence-electron chi connectivity index (χ1n) is 11.3. The van der Waals surface area contributed by atoms with E-state index < -0.39 is 0 Å². The smallest absolute Gasteiger partial charge is 0.231 e. The number of hydrogen-bond donors (Lipinski definition) is 1. The van der Waals surface area contributed by atoms with Crippen molar-refractivity contribution in [3.8, 4) is 29.1 Å². The molecule has 4 aliphatic heterocycles. The number of benzene rings is 2. The number of hydrogen-bond acceptors (Lipinski definition) is 8. The lowest BCUT2D eigenvalue weighted by Gasteiger charge is -2.59. The number of nitriles is 1. The Morgan fingerprint density at radius 3 is 2.36 bits per heavy atom. The average molecular weight is 450 g/mol. The molecule has 33 heavy (non-hydrogen) atoms. The van der Waals surface area contributed by atoms with E-state index in [1.807, 2.05) is 12.1 Å². The third-order valence-corrected chi connectivity index (χ3v) is 7.88. The maximum Gasteiger partial charge on any atom is 0.231 e. The molecule has 4 heterocycles. The second kappa shape index (κ2) is 7.52. The van der Waals surface area contributed by atoms with Gasteiger partial charge in [0.15, 0.2) is 23.0 Å². The Morgan fingerprint density at radius 1 is 1.00 bits per heavy atom.